The van der Waals surface area contributed by atoms with Crippen molar-refractivity contribution in [2.24, 2.45) is 17.8 Å². The van der Waals surface area contributed by atoms with Gasteiger partial charge in [0.1, 0.15) is 17.0 Å². The van der Waals surface area contributed by atoms with Gasteiger partial charge in [-0.25, -0.2) is 18.7 Å². The van der Waals surface area contributed by atoms with E-state index in [0.29, 0.717) is 6.07 Å². The Morgan fingerprint density at radius 2 is 1.88 bits per heavy atom. The maximum absolute atomic E-state index is 14.9. The summed E-state index contributed by atoms with van der Waals surface area (Å²) < 4.78 is 42.7. The smallest absolute Gasteiger partial charge is 0.308 e. The van der Waals surface area contributed by atoms with E-state index in [4.69, 9.17) is 11.6 Å². The lowest BCUT2D eigenvalue weighted by Gasteiger charge is -2.38. The molecule has 0 saturated heterocycles. The first-order chi connectivity index (χ1) is 15.3. The minimum atomic E-state index is -0.927. The second-order valence-corrected chi connectivity index (χ2v) is 8.80. The molecule has 3 unspecified atom stereocenters. The van der Waals surface area contributed by atoms with Gasteiger partial charge < -0.3 is 10.4 Å². The Morgan fingerprint density at radius 3 is 2.66 bits per heavy atom. The molecule has 0 spiro atoms. The number of fused-ring (bicyclic) bond motifs is 5. The fourth-order valence-electron chi connectivity index (χ4n) is 5.22. The van der Waals surface area contributed by atoms with Crippen molar-refractivity contribution in [3.8, 4) is 11.5 Å². The summed E-state index contributed by atoms with van der Waals surface area (Å²) in [6, 6.07) is 1.26. The van der Waals surface area contributed by atoms with Crippen LogP contribution in [0, 0.1) is 35.2 Å². The number of hydrogen-bond acceptors (Lipinski definition) is 5. The van der Waals surface area contributed by atoms with Crippen molar-refractivity contribution < 1.29 is 23.1 Å². The molecule has 4 atom stereocenters. The van der Waals surface area contributed by atoms with Gasteiger partial charge in [-0.15, -0.1) is 0 Å². The fraction of sp³-hybridized carbons (Fsp3) is 0.429. The molecule has 3 N–H and O–H groups in total. The molecule has 3 aliphatic carbocycles. The Kier molecular flexibility index (Phi) is 5.19. The molecule has 6 rings (SSSR count). The number of halogens is 4. The van der Waals surface area contributed by atoms with E-state index in [9.17, 15) is 23.1 Å². The largest absolute Gasteiger partial charge is 0.481 e. The van der Waals surface area contributed by atoms with Crippen LogP contribution in [0.25, 0.3) is 22.4 Å². The topological polar surface area (TPSA) is 104 Å². The molecule has 2 bridgehead atoms. The molecule has 0 aliphatic heterocycles. The molecule has 3 saturated carbocycles. The number of anilines is 1. The summed E-state index contributed by atoms with van der Waals surface area (Å²) in [5.74, 6) is -4.52. The van der Waals surface area contributed by atoms with E-state index in [1.54, 1.807) is 0 Å². The quantitative estimate of drug-likeness (QED) is 0.479. The highest BCUT2D eigenvalue weighted by atomic mass is 35.5. The molecule has 0 radical (unpaired) electrons. The highest BCUT2D eigenvalue weighted by molar-refractivity contribution is 6.29. The van der Waals surface area contributed by atoms with Crippen molar-refractivity contribution in [2.45, 2.75) is 38.1 Å². The number of carboxylic acid groups (broad SMARTS) is 1. The number of carbonyl (C=O) groups is 1. The monoisotopic (exact) mass is 465 g/mol. The van der Waals surface area contributed by atoms with E-state index in [1.165, 1.54) is 0 Å². The highest BCUT2D eigenvalue weighted by Crippen LogP contribution is 2.44. The van der Waals surface area contributed by atoms with E-state index in [2.05, 4.69) is 25.5 Å². The molecule has 3 fully saturated rings. The maximum atomic E-state index is 14.9. The van der Waals surface area contributed by atoms with Crippen molar-refractivity contribution in [1.82, 2.24) is 20.2 Å². The number of H-pyrrole nitrogens is 1. The van der Waals surface area contributed by atoms with E-state index in [0.717, 1.165) is 38.2 Å². The number of nitrogens with one attached hydrogen (secondary N) is 2. The van der Waals surface area contributed by atoms with Gasteiger partial charge in [-0.3, -0.25) is 9.89 Å². The van der Waals surface area contributed by atoms with Crippen LogP contribution in [0.15, 0.2) is 12.1 Å². The zero-order valence-corrected chi connectivity index (χ0v) is 17.5. The van der Waals surface area contributed by atoms with Crippen LogP contribution in [0.4, 0.5) is 19.0 Å². The number of benzene rings is 1. The zero-order valence-electron chi connectivity index (χ0n) is 16.7. The summed E-state index contributed by atoms with van der Waals surface area (Å²) in [4.78, 5) is 20.1. The lowest BCUT2D eigenvalue weighted by Crippen LogP contribution is -2.46. The van der Waals surface area contributed by atoms with Gasteiger partial charge in [-0.1, -0.05) is 18.0 Å². The maximum Gasteiger partial charge on any atom is 0.308 e. The molecule has 2 heterocycles. The first-order valence-corrected chi connectivity index (χ1v) is 10.8. The molecule has 7 nitrogen and oxygen atoms in total. The van der Waals surface area contributed by atoms with Crippen LogP contribution in [0.3, 0.4) is 0 Å². The molecule has 11 heteroatoms. The molecule has 3 aliphatic rings. The van der Waals surface area contributed by atoms with Gasteiger partial charge in [-0.05, 0) is 43.6 Å². The number of aromatic nitrogens is 4. The fourth-order valence-corrected chi connectivity index (χ4v) is 5.39. The normalized spacial score (nSPS) is 25.1. The Morgan fingerprint density at radius 1 is 1.12 bits per heavy atom. The van der Waals surface area contributed by atoms with Crippen LogP contribution < -0.4 is 5.32 Å². The lowest BCUT2D eigenvalue weighted by molar-refractivity contribution is -0.145. The summed E-state index contributed by atoms with van der Waals surface area (Å²) in [5.41, 5.74) is -0.0486. The van der Waals surface area contributed by atoms with Crippen LogP contribution >= 0.6 is 11.6 Å². The van der Waals surface area contributed by atoms with Gasteiger partial charge in [0.15, 0.2) is 22.6 Å². The minimum Gasteiger partial charge on any atom is -0.481 e. The third kappa shape index (κ3) is 3.46. The predicted octanol–water partition coefficient (Wildman–Crippen LogP) is 4.78. The predicted molar refractivity (Wildman–Crippen MR) is 111 cm³/mol. The van der Waals surface area contributed by atoms with Crippen molar-refractivity contribution >= 4 is 34.3 Å². The molecule has 3 aromatic rings. The summed E-state index contributed by atoms with van der Waals surface area (Å²) in [5, 5.41) is 18.8. The molecule has 1 aromatic carbocycles. The third-order valence-electron chi connectivity index (χ3n) is 6.66. The van der Waals surface area contributed by atoms with Gasteiger partial charge in [0, 0.05) is 17.5 Å². The van der Waals surface area contributed by atoms with Crippen molar-refractivity contribution in [3.63, 3.8) is 0 Å². The summed E-state index contributed by atoms with van der Waals surface area (Å²) in [7, 11) is 0. The van der Waals surface area contributed by atoms with Crippen LogP contribution in [-0.2, 0) is 4.79 Å². The molecular weight excluding hydrogens is 447 g/mol. The SMILES string of the molecule is O=C(O)C1C2CCCC(CC2)[C@@H]1Nc1nc(-c2n[nH]c3c(F)cc(F)cc23)nc(Cl)c1F. The van der Waals surface area contributed by atoms with Crippen molar-refractivity contribution in [1.29, 1.82) is 0 Å². The van der Waals surface area contributed by atoms with Gasteiger partial charge >= 0.3 is 5.97 Å². The summed E-state index contributed by atoms with van der Waals surface area (Å²) in [6.07, 6.45) is 4.26. The molecule has 32 heavy (non-hydrogen) atoms. The van der Waals surface area contributed by atoms with Crippen molar-refractivity contribution in [2.75, 3.05) is 5.32 Å². The van der Waals surface area contributed by atoms with Crippen LogP contribution in [-0.4, -0.2) is 37.3 Å². The molecule has 0 amide bonds. The number of carboxylic acids is 1. The first kappa shape index (κ1) is 21.0. The Balaban J connectivity index is 1.57. The van der Waals surface area contributed by atoms with Gasteiger partial charge in [0.25, 0.3) is 0 Å². The lowest BCUT2D eigenvalue weighted by atomic mass is 9.71. The summed E-state index contributed by atoms with van der Waals surface area (Å²) in [6.45, 7) is 0. The number of aliphatic carboxylic acids is 1. The number of hydrogen-bond donors (Lipinski definition) is 3. The summed E-state index contributed by atoms with van der Waals surface area (Å²) >= 11 is 6.01. The van der Waals surface area contributed by atoms with E-state index < -0.39 is 40.5 Å². The second-order valence-electron chi connectivity index (χ2n) is 8.45. The second kappa shape index (κ2) is 7.91. The van der Waals surface area contributed by atoms with Crippen LogP contribution in [0.5, 0.6) is 0 Å². The van der Waals surface area contributed by atoms with Crippen LogP contribution in [0.2, 0.25) is 5.15 Å². The van der Waals surface area contributed by atoms with Crippen molar-refractivity contribution in [3.05, 3.63) is 34.7 Å². The molecule has 2 aromatic heterocycles. The number of rotatable bonds is 4. The third-order valence-corrected chi connectivity index (χ3v) is 6.91. The Hall–Kier alpha value is -2.88. The van der Waals surface area contributed by atoms with Gasteiger partial charge in [0.2, 0.25) is 5.82 Å². The Labute approximate surface area is 185 Å². The van der Waals surface area contributed by atoms with Gasteiger partial charge in [0.05, 0.1) is 5.92 Å². The highest BCUT2D eigenvalue weighted by Gasteiger charge is 2.45. The standard InChI is InChI=1S/C21H19ClF3N5O2/c22-18-14(25)19(26-15-9-3-1-2-8(4-5-9)13(15)21(31)32)28-20(27-18)17-11-6-10(23)7-12(24)16(11)29-30-17/h6-9,13,15H,1-5H2,(H,29,30)(H,31,32)(H,26,27,28)/t8?,9?,13?,15-/m0/s1. The molecular formula is C21H19ClF3N5O2. The average molecular weight is 466 g/mol. The van der Waals surface area contributed by atoms with Gasteiger partial charge in [-0.2, -0.15) is 9.49 Å². The minimum absolute atomic E-state index is 0.000483. The molecule has 168 valence electrons. The van der Waals surface area contributed by atoms with Crippen LogP contribution in [0.1, 0.15) is 32.1 Å². The Bertz CT molecular complexity index is 1220. The van der Waals surface area contributed by atoms with E-state index >= 15 is 0 Å². The van der Waals surface area contributed by atoms with E-state index in [-0.39, 0.29) is 40.1 Å². The average Bonchev–Trinajstić information content (AvgIpc) is 2.92. The number of nitrogens with zero attached hydrogens (tertiary/aromatic N) is 3. The van der Waals surface area contributed by atoms with E-state index in [1.807, 2.05) is 0 Å². The zero-order chi connectivity index (χ0) is 22.6. The first-order valence-electron chi connectivity index (χ1n) is 10.4. The number of aromatic amines is 1.